The van der Waals surface area contributed by atoms with Crippen molar-refractivity contribution in [3.8, 4) is 0 Å². The van der Waals surface area contributed by atoms with E-state index in [0.29, 0.717) is 5.56 Å². The van der Waals surface area contributed by atoms with Gasteiger partial charge in [0.05, 0.1) is 38.4 Å². The molecular formula is C35H37N3O8. The molecule has 0 spiro atoms. The van der Waals surface area contributed by atoms with E-state index in [0.717, 1.165) is 16.7 Å². The second-order valence-corrected chi connectivity index (χ2v) is 11.7. The molecule has 0 radical (unpaired) electrons. The van der Waals surface area contributed by atoms with Crippen LogP contribution in [-0.2, 0) is 48.4 Å². The van der Waals surface area contributed by atoms with Gasteiger partial charge in [-0.2, -0.15) is 5.48 Å². The Balaban J connectivity index is 1.40. The lowest BCUT2D eigenvalue weighted by molar-refractivity contribution is -0.231. The third-order valence-electron chi connectivity index (χ3n) is 8.45. The van der Waals surface area contributed by atoms with Gasteiger partial charge in [0.15, 0.2) is 11.7 Å². The predicted octanol–water partition coefficient (Wildman–Crippen LogP) is 3.57. The van der Waals surface area contributed by atoms with Crippen LogP contribution in [0.4, 0.5) is 0 Å². The molecule has 6 rings (SSSR count). The Bertz CT molecular complexity index is 1730. The fourth-order valence-corrected chi connectivity index (χ4v) is 6.36. The SMILES string of the molecule is CC(=O)O[C@H]1[C@H](NOCc2ccccc2)[C@H]2[C@H](n3cc(C)c(=O)[nH]c3=O)O[C@]1(COCc1ccccc1)[C@H]2OCc1ccccc1. The van der Waals surface area contributed by atoms with Gasteiger partial charge in [-0.05, 0) is 23.6 Å². The monoisotopic (exact) mass is 627 g/mol. The van der Waals surface area contributed by atoms with Gasteiger partial charge in [-0.1, -0.05) is 91.0 Å². The van der Waals surface area contributed by atoms with Crippen LogP contribution in [-0.4, -0.2) is 46.0 Å². The summed E-state index contributed by atoms with van der Waals surface area (Å²) in [4.78, 5) is 46.5. The molecule has 2 N–H and O–H groups in total. The van der Waals surface area contributed by atoms with E-state index in [1.54, 1.807) is 6.92 Å². The van der Waals surface area contributed by atoms with Crippen LogP contribution in [0.3, 0.4) is 0 Å². The molecule has 1 aliphatic heterocycles. The Hall–Kier alpha value is -4.39. The zero-order chi connectivity index (χ0) is 32.1. The number of carbonyl (C=O) groups is 1. The molecule has 3 aromatic carbocycles. The molecular weight excluding hydrogens is 590 g/mol. The Morgan fingerprint density at radius 3 is 2.07 bits per heavy atom. The maximum Gasteiger partial charge on any atom is 0.330 e. The van der Waals surface area contributed by atoms with E-state index < -0.39 is 53.2 Å². The molecule has 1 aromatic heterocycles. The third-order valence-corrected chi connectivity index (χ3v) is 8.45. The number of rotatable bonds is 13. The van der Waals surface area contributed by atoms with Gasteiger partial charge in [0.2, 0.25) is 0 Å². The molecule has 0 unspecified atom stereocenters. The minimum atomic E-state index is -1.36. The summed E-state index contributed by atoms with van der Waals surface area (Å²) in [5.74, 6) is -1.14. The highest BCUT2D eigenvalue weighted by Gasteiger charge is 2.73. The fraction of sp³-hybridized carbons (Fsp3) is 0.343. The van der Waals surface area contributed by atoms with Crippen LogP contribution in [0.2, 0.25) is 0 Å². The van der Waals surface area contributed by atoms with E-state index in [4.69, 9.17) is 23.8 Å². The molecule has 1 saturated heterocycles. The number of esters is 1. The molecule has 4 aromatic rings. The van der Waals surface area contributed by atoms with Crippen LogP contribution < -0.4 is 16.7 Å². The zero-order valence-corrected chi connectivity index (χ0v) is 25.7. The van der Waals surface area contributed by atoms with E-state index in [2.05, 4.69) is 10.5 Å². The summed E-state index contributed by atoms with van der Waals surface area (Å²) in [7, 11) is 0. The summed E-state index contributed by atoms with van der Waals surface area (Å²) in [5.41, 5.74) is 3.80. The molecule has 1 aliphatic carbocycles. The number of hydrogen-bond acceptors (Lipinski definition) is 9. The first-order valence-corrected chi connectivity index (χ1v) is 15.2. The third kappa shape index (κ3) is 6.60. The van der Waals surface area contributed by atoms with Crippen molar-refractivity contribution in [1.82, 2.24) is 15.0 Å². The van der Waals surface area contributed by atoms with Crippen molar-refractivity contribution in [1.29, 1.82) is 0 Å². The van der Waals surface area contributed by atoms with Crippen LogP contribution in [0.25, 0.3) is 0 Å². The smallest absolute Gasteiger partial charge is 0.330 e. The van der Waals surface area contributed by atoms with Crippen LogP contribution in [0.15, 0.2) is 107 Å². The van der Waals surface area contributed by atoms with Gasteiger partial charge < -0.3 is 18.9 Å². The lowest BCUT2D eigenvalue weighted by atomic mass is 9.97. The molecule has 0 amide bonds. The number of hydroxylamine groups is 1. The van der Waals surface area contributed by atoms with E-state index in [-0.39, 0.29) is 26.4 Å². The van der Waals surface area contributed by atoms with Gasteiger partial charge in [0.1, 0.15) is 12.3 Å². The van der Waals surface area contributed by atoms with E-state index in [1.165, 1.54) is 17.7 Å². The number of ether oxygens (including phenoxy) is 4. The van der Waals surface area contributed by atoms with E-state index >= 15 is 0 Å². The van der Waals surface area contributed by atoms with Crippen LogP contribution in [0.1, 0.15) is 35.4 Å². The Morgan fingerprint density at radius 1 is 0.870 bits per heavy atom. The van der Waals surface area contributed by atoms with Gasteiger partial charge in [0, 0.05) is 18.7 Å². The minimum Gasteiger partial charge on any atom is -0.457 e. The molecule has 6 atom stereocenters. The molecule has 2 heterocycles. The first kappa shape index (κ1) is 31.6. The van der Waals surface area contributed by atoms with Crippen LogP contribution in [0.5, 0.6) is 0 Å². The van der Waals surface area contributed by atoms with Gasteiger partial charge >= 0.3 is 11.7 Å². The lowest BCUT2D eigenvalue weighted by Crippen LogP contribution is -2.59. The highest BCUT2D eigenvalue weighted by atomic mass is 16.7. The number of nitrogens with one attached hydrogen (secondary N) is 2. The minimum absolute atomic E-state index is 0.0275. The van der Waals surface area contributed by atoms with Crippen molar-refractivity contribution < 1.29 is 28.6 Å². The van der Waals surface area contributed by atoms with Crippen molar-refractivity contribution in [2.24, 2.45) is 5.92 Å². The molecule has 2 bridgehead atoms. The predicted molar refractivity (Wildman–Crippen MR) is 167 cm³/mol. The average molecular weight is 628 g/mol. The fourth-order valence-electron chi connectivity index (χ4n) is 6.36. The van der Waals surface area contributed by atoms with Crippen molar-refractivity contribution >= 4 is 5.97 Å². The summed E-state index contributed by atoms with van der Waals surface area (Å²) in [6.07, 6.45) is -1.09. The summed E-state index contributed by atoms with van der Waals surface area (Å²) >= 11 is 0. The summed E-state index contributed by atoms with van der Waals surface area (Å²) < 4.78 is 27.1. The van der Waals surface area contributed by atoms with Crippen LogP contribution >= 0.6 is 0 Å². The number of nitrogens with zero attached hydrogens (tertiary/aromatic N) is 1. The van der Waals surface area contributed by atoms with Gasteiger partial charge in [-0.15, -0.1) is 0 Å². The molecule has 46 heavy (non-hydrogen) atoms. The summed E-state index contributed by atoms with van der Waals surface area (Å²) in [5, 5.41) is 0. The Kier molecular flexibility index (Phi) is 9.57. The highest BCUT2D eigenvalue weighted by molar-refractivity contribution is 5.66. The standard InChI is InChI=1S/C35H37N3O8/c1-23-18-38(34(41)36-32(23)40)33-28-29(37-44-21-27-16-10-5-11-17-27)31(45-24(2)39)35(46-33,22-42-19-25-12-6-3-7-13-25)30(28)43-20-26-14-8-4-9-15-26/h3-18,28-31,33,37H,19-22H2,1-2H3,(H,36,40,41)/t28-,29-,30+,31+,33-,35-/m1/s1. The summed E-state index contributed by atoms with van der Waals surface area (Å²) in [6, 6.07) is 28.3. The average Bonchev–Trinajstić information content (AvgIpc) is 3.49. The molecule has 2 fully saturated rings. The Labute approximate surface area is 266 Å². The number of aryl methyl sites for hydroxylation is 1. The van der Waals surface area contributed by atoms with Crippen molar-refractivity contribution in [3.63, 3.8) is 0 Å². The van der Waals surface area contributed by atoms with Crippen molar-refractivity contribution in [3.05, 3.63) is 140 Å². The number of aromatic nitrogens is 2. The quantitative estimate of drug-likeness (QED) is 0.169. The largest absolute Gasteiger partial charge is 0.457 e. The zero-order valence-electron chi connectivity index (χ0n) is 25.7. The van der Waals surface area contributed by atoms with Crippen molar-refractivity contribution in [2.75, 3.05) is 6.61 Å². The molecule has 240 valence electrons. The first-order chi connectivity index (χ1) is 22.4. The highest BCUT2D eigenvalue weighted by Crippen LogP contribution is 2.55. The number of hydrogen-bond donors (Lipinski definition) is 2. The van der Waals surface area contributed by atoms with Crippen LogP contribution in [0, 0.1) is 12.8 Å². The molecule has 1 saturated carbocycles. The molecule has 11 nitrogen and oxygen atoms in total. The summed E-state index contributed by atoms with van der Waals surface area (Å²) in [6.45, 7) is 3.64. The number of fused-ring (bicyclic) bond motifs is 2. The topological polar surface area (TPSA) is 130 Å². The maximum atomic E-state index is 13.2. The number of carbonyl (C=O) groups excluding carboxylic acids is 1. The first-order valence-electron chi connectivity index (χ1n) is 15.2. The van der Waals surface area contributed by atoms with E-state index in [9.17, 15) is 14.4 Å². The lowest BCUT2D eigenvalue weighted by Gasteiger charge is -2.41. The van der Waals surface area contributed by atoms with Gasteiger partial charge in [-0.25, -0.2) is 4.79 Å². The second kappa shape index (κ2) is 13.9. The van der Waals surface area contributed by atoms with Gasteiger partial charge in [-0.3, -0.25) is 24.0 Å². The number of H-pyrrole nitrogens is 1. The number of benzene rings is 3. The maximum absolute atomic E-state index is 13.2. The second-order valence-electron chi connectivity index (χ2n) is 11.7. The normalized spacial score (nSPS) is 25.0. The molecule has 2 aliphatic rings. The number of aromatic amines is 1. The van der Waals surface area contributed by atoms with Crippen molar-refractivity contribution in [2.45, 2.75) is 63.7 Å². The van der Waals surface area contributed by atoms with Gasteiger partial charge in [0.25, 0.3) is 5.56 Å². The van der Waals surface area contributed by atoms with E-state index in [1.807, 2.05) is 91.0 Å². The molecule has 11 heteroatoms. The Morgan fingerprint density at radius 2 is 1.46 bits per heavy atom.